The van der Waals surface area contributed by atoms with Gasteiger partial charge in [0.25, 0.3) is 0 Å². The summed E-state index contributed by atoms with van der Waals surface area (Å²) in [6.45, 7) is 26.6. The van der Waals surface area contributed by atoms with Gasteiger partial charge in [-0.2, -0.15) is 25.5 Å². The maximum Gasteiger partial charge on any atom is 0.215 e. The number of hydrogen-bond donors (Lipinski definition) is 2. The molecule has 4 aliphatic rings. The van der Waals surface area contributed by atoms with E-state index in [0.29, 0.717) is 29.0 Å². The normalized spacial score (nSPS) is 17.5. The lowest BCUT2D eigenvalue weighted by Gasteiger charge is -2.30. The Morgan fingerprint density at radius 1 is 0.537 bits per heavy atom. The Kier molecular flexibility index (Phi) is 13.2. The summed E-state index contributed by atoms with van der Waals surface area (Å²) in [7, 11) is 7.72. The third kappa shape index (κ3) is 9.73. The van der Waals surface area contributed by atoms with E-state index >= 15 is 0 Å². The average Bonchev–Trinajstić information content (AvgIpc) is 4.54. The number of imidazole rings is 3. The molecular weight excluding hydrogens is 1090 g/mol. The van der Waals surface area contributed by atoms with Crippen molar-refractivity contribution >= 4 is 109 Å². The van der Waals surface area contributed by atoms with Crippen molar-refractivity contribution in [3.05, 3.63) is 124 Å². The van der Waals surface area contributed by atoms with Gasteiger partial charge in [-0.25, -0.2) is 43.0 Å². The van der Waals surface area contributed by atoms with E-state index in [-0.39, 0.29) is 0 Å². The molecule has 2 bridgehead atoms. The highest BCUT2D eigenvalue weighted by Gasteiger charge is 2.31. The van der Waals surface area contributed by atoms with Crippen LogP contribution in [0.1, 0.15) is 67.3 Å². The van der Waals surface area contributed by atoms with Gasteiger partial charge in [0.15, 0.2) is 0 Å². The van der Waals surface area contributed by atoms with E-state index in [2.05, 4.69) is 58.5 Å². The molecule has 0 amide bonds. The number of aromatic nitrogens is 15. The second kappa shape index (κ2) is 21.0. The van der Waals surface area contributed by atoms with Crippen molar-refractivity contribution in [1.82, 2.24) is 83.8 Å². The number of nitrogens with zero attached hydrogens (tertiary/aromatic N) is 19. The molecule has 12 aromatic rings. The smallest absolute Gasteiger partial charge is 0.215 e. The quantitative estimate of drug-likeness (QED) is 0.144. The lowest BCUT2D eigenvalue weighted by molar-refractivity contribution is 0.442. The minimum Gasteiger partial charge on any atom is -0.347 e. The fourth-order valence-corrected chi connectivity index (χ4v) is 14.9. The lowest BCUT2D eigenvalue weighted by atomic mass is 9.90. The van der Waals surface area contributed by atoms with Gasteiger partial charge in [-0.05, 0) is 148 Å². The average molecular weight is 1140 g/mol. The van der Waals surface area contributed by atoms with Crippen LogP contribution in [0.15, 0.2) is 79.7 Å². The zero-order chi connectivity index (χ0) is 55.8. The first-order valence-corrected chi connectivity index (χ1v) is 29.9. The molecule has 1 saturated carbocycles. The molecule has 21 nitrogen and oxygen atoms in total. The number of anilines is 1. The first-order chi connectivity index (χ1) is 40.0. The van der Waals surface area contributed by atoms with Crippen molar-refractivity contribution in [2.45, 2.75) is 63.3 Å². The van der Waals surface area contributed by atoms with Crippen LogP contribution in [0.25, 0.3) is 101 Å². The first kappa shape index (κ1) is 51.4. The van der Waals surface area contributed by atoms with E-state index in [1.54, 1.807) is 48.1 Å². The van der Waals surface area contributed by atoms with Crippen molar-refractivity contribution in [3.8, 4) is 33.8 Å². The van der Waals surface area contributed by atoms with Gasteiger partial charge < -0.3 is 15.5 Å². The summed E-state index contributed by atoms with van der Waals surface area (Å²) < 4.78 is 10.8. The Balaban J connectivity index is 0.000000110. The molecule has 3 aromatic carbocycles. The van der Waals surface area contributed by atoms with Crippen LogP contribution in [0.3, 0.4) is 0 Å². The largest absolute Gasteiger partial charge is 0.347 e. The van der Waals surface area contributed by atoms with E-state index in [4.69, 9.17) is 50.0 Å². The number of rotatable bonds is 7. The van der Waals surface area contributed by atoms with Gasteiger partial charge in [0, 0.05) is 74.9 Å². The lowest BCUT2D eigenvalue weighted by Crippen LogP contribution is -2.41. The van der Waals surface area contributed by atoms with Gasteiger partial charge in [0.05, 0.1) is 71.9 Å². The molecule has 3 fully saturated rings. The monoisotopic (exact) mass is 1140 g/mol. The molecule has 2 unspecified atom stereocenters. The number of allylic oxidation sites excluding steroid dienone is 2. The number of hydrogen-bond acceptors (Lipinski definition) is 15. The summed E-state index contributed by atoms with van der Waals surface area (Å²) >= 11 is 4.94. The van der Waals surface area contributed by atoms with E-state index in [9.17, 15) is 0 Å². The van der Waals surface area contributed by atoms with Gasteiger partial charge in [-0.3, -0.25) is 14.0 Å². The molecule has 2 atom stereocenters. The molecule has 0 spiro atoms. The Morgan fingerprint density at radius 3 is 1.49 bits per heavy atom. The highest BCUT2D eigenvalue weighted by Crippen LogP contribution is 2.45. The standard InChI is InChI=1S/C21H18N6S.C19H20N8S.C18H17N7S/c1-22-17-9-14(8-16-10-26(2)24-19(16)17)18-11-27-21(23-18)28-20(25-27)15-6-12-3-4-13(5-12)7-15;1-20-15-9-12(8-13-10-25(2)23-17(13)15)16-11-27-18(22-16)28-19(24-27)26(3)14-4-6-21-7-5-14;1-19-14-8-12(7-13-9-24(2)22-16(13)14)15-10-25-18(21-15)26-17(23-25)11-3-5-20-6-4-11/h6,8-13H,3-5,7H2,2H3;8-11,14,21H,4-7H2,2-3H3;7-11,20H,3-6H2,2H3. The van der Waals surface area contributed by atoms with Crippen molar-refractivity contribution in [3.63, 3.8) is 0 Å². The zero-order valence-electron chi connectivity index (χ0n) is 45.5. The fraction of sp³-hybridized carbons (Fsp3) is 0.345. The Morgan fingerprint density at radius 2 is 1.01 bits per heavy atom. The van der Waals surface area contributed by atoms with Crippen molar-refractivity contribution in [2.75, 3.05) is 38.1 Å². The molecule has 2 aliphatic carbocycles. The van der Waals surface area contributed by atoms with Crippen molar-refractivity contribution in [2.24, 2.45) is 33.0 Å². The van der Waals surface area contributed by atoms with E-state index in [1.165, 1.54) is 29.8 Å². The van der Waals surface area contributed by atoms with Crippen molar-refractivity contribution in [1.29, 1.82) is 0 Å². The second-order valence-corrected chi connectivity index (χ2v) is 24.7. The topological polar surface area (TPSA) is 184 Å². The number of piperidine rings is 2. The van der Waals surface area contributed by atoms with Gasteiger partial charge in [-0.1, -0.05) is 40.1 Å². The molecule has 9 aromatic heterocycles. The third-order valence-corrected chi connectivity index (χ3v) is 19.2. The summed E-state index contributed by atoms with van der Waals surface area (Å²) in [6, 6.07) is 12.2. The van der Waals surface area contributed by atoms with Crippen LogP contribution in [0.2, 0.25) is 0 Å². The maximum absolute atomic E-state index is 7.48. The molecule has 0 radical (unpaired) electrons. The van der Waals surface area contributed by atoms with Crippen LogP contribution in [-0.2, 0) is 21.1 Å². The number of aryl methyl sites for hydroxylation is 3. The van der Waals surface area contributed by atoms with Crippen LogP contribution in [0.4, 0.5) is 22.2 Å². The summed E-state index contributed by atoms with van der Waals surface area (Å²) in [5, 5.41) is 40.4. The summed E-state index contributed by atoms with van der Waals surface area (Å²) in [5.41, 5.74) is 10.5. The Labute approximate surface area is 482 Å². The van der Waals surface area contributed by atoms with Crippen LogP contribution in [0, 0.1) is 31.6 Å². The third-order valence-electron chi connectivity index (χ3n) is 16.1. The summed E-state index contributed by atoms with van der Waals surface area (Å²) in [6.07, 6.45) is 23.9. The molecule has 16 rings (SSSR count). The van der Waals surface area contributed by atoms with E-state index in [0.717, 1.165) is 162 Å². The molecule has 11 heterocycles. The SMILES string of the molecule is [C-]#[N+]c1cc(-c2cn3nc(C4=CC5CCC(C4)C5)sc3n2)cc2cn(C)nc12.[C-]#[N+]c1cc(-c2cn3nc(C4CCNCC4)sc3n2)cc2cn(C)nc12.[C-]#[N+]c1cc(-c2cn3nc(N(C)C4CCNCC4)sc3n2)cc2cn(C)nc12. The van der Waals surface area contributed by atoms with E-state index in [1.807, 2.05) is 108 Å². The Bertz CT molecular complexity index is 4500. The number of nitrogens with one attached hydrogen (secondary N) is 2. The zero-order valence-corrected chi connectivity index (χ0v) is 48.0. The van der Waals surface area contributed by atoms with Gasteiger partial charge in [-0.15, -0.1) is 5.10 Å². The molecule has 410 valence electrons. The first-order valence-electron chi connectivity index (χ1n) is 27.5. The fourth-order valence-electron chi connectivity index (χ4n) is 12.1. The van der Waals surface area contributed by atoms with Gasteiger partial charge in [0.1, 0.15) is 10.0 Å². The van der Waals surface area contributed by atoms with E-state index < -0.39 is 0 Å². The predicted molar refractivity (Wildman–Crippen MR) is 323 cm³/mol. The van der Waals surface area contributed by atoms with Crippen LogP contribution in [0.5, 0.6) is 0 Å². The molecular formula is C58H55N21S3. The molecule has 2 saturated heterocycles. The number of fused-ring (bicyclic) bond motifs is 8. The van der Waals surface area contributed by atoms with Crippen molar-refractivity contribution < 1.29 is 0 Å². The number of benzene rings is 3. The molecule has 2 aliphatic heterocycles. The van der Waals surface area contributed by atoms with Gasteiger partial charge in [0.2, 0.25) is 37.1 Å². The van der Waals surface area contributed by atoms with Crippen LogP contribution in [-0.4, -0.2) is 112 Å². The molecule has 24 heteroatoms. The second-order valence-electron chi connectivity index (χ2n) is 21.8. The van der Waals surface area contributed by atoms with Crippen LogP contribution >= 0.6 is 34.0 Å². The Hall–Kier alpha value is -8.70. The maximum atomic E-state index is 7.48. The van der Waals surface area contributed by atoms with Gasteiger partial charge >= 0.3 is 0 Å². The summed E-state index contributed by atoms with van der Waals surface area (Å²) in [5.74, 6) is 2.13. The van der Waals surface area contributed by atoms with Crippen LogP contribution < -0.4 is 15.5 Å². The minimum absolute atomic E-state index is 0.519. The minimum atomic E-state index is 0.519. The highest BCUT2D eigenvalue weighted by atomic mass is 32.1. The highest BCUT2D eigenvalue weighted by molar-refractivity contribution is 7.20. The molecule has 82 heavy (non-hydrogen) atoms. The molecule has 2 N–H and O–H groups in total. The summed E-state index contributed by atoms with van der Waals surface area (Å²) in [4.78, 5) is 30.2. The predicted octanol–water partition coefficient (Wildman–Crippen LogP) is 11.5.